The first-order chi connectivity index (χ1) is 12.3. The highest BCUT2D eigenvalue weighted by Crippen LogP contribution is 2.14. The van der Waals surface area contributed by atoms with Crippen molar-refractivity contribution in [1.29, 1.82) is 0 Å². The molecule has 26 heavy (non-hydrogen) atoms. The molecule has 6 nitrogen and oxygen atoms in total. The van der Waals surface area contributed by atoms with Crippen molar-refractivity contribution in [3.63, 3.8) is 0 Å². The second-order valence-electron chi connectivity index (χ2n) is 6.30. The van der Waals surface area contributed by atoms with Crippen molar-refractivity contribution in [1.82, 2.24) is 14.7 Å². The molecular weight excluding hydrogens is 330 g/mol. The molecule has 6 heteroatoms. The maximum atomic E-state index is 12.4. The van der Waals surface area contributed by atoms with Crippen LogP contribution in [-0.4, -0.2) is 39.7 Å². The summed E-state index contributed by atoms with van der Waals surface area (Å²) in [4.78, 5) is 26.0. The summed E-state index contributed by atoms with van der Waals surface area (Å²) in [5.74, 6) is -0.800. The van der Waals surface area contributed by atoms with E-state index in [9.17, 15) is 9.59 Å². The molecule has 1 aromatic carbocycles. The number of esters is 1. The molecule has 1 heterocycles. The number of ether oxygens (including phenoxy) is 1. The van der Waals surface area contributed by atoms with Gasteiger partial charge in [-0.25, -0.2) is 4.79 Å². The van der Waals surface area contributed by atoms with E-state index < -0.39 is 12.1 Å². The van der Waals surface area contributed by atoms with Crippen LogP contribution in [0, 0.1) is 13.8 Å². The smallest absolute Gasteiger partial charge is 0.331 e. The minimum absolute atomic E-state index is 0.246. The third-order valence-corrected chi connectivity index (χ3v) is 4.23. The van der Waals surface area contributed by atoms with E-state index in [1.54, 1.807) is 29.6 Å². The fraction of sp³-hybridized carbons (Fsp3) is 0.350. The molecule has 0 N–H and O–H groups in total. The zero-order chi connectivity index (χ0) is 19.3. The summed E-state index contributed by atoms with van der Waals surface area (Å²) in [5, 5.41) is 4.29. The fourth-order valence-electron chi connectivity index (χ4n) is 2.69. The van der Waals surface area contributed by atoms with Crippen molar-refractivity contribution in [2.24, 2.45) is 7.05 Å². The van der Waals surface area contributed by atoms with Crippen LogP contribution in [0.3, 0.4) is 0 Å². The topological polar surface area (TPSA) is 64.4 Å². The minimum Gasteiger partial charge on any atom is -0.449 e. The summed E-state index contributed by atoms with van der Waals surface area (Å²) in [6, 6.07) is 9.66. The van der Waals surface area contributed by atoms with Crippen molar-refractivity contribution < 1.29 is 14.3 Å². The molecule has 0 radical (unpaired) electrons. The molecule has 138 valence electrons. The van der Waals surface area contributed by atoms with Gasteiger partial charge in [-0.05, 0) is 32.4 Å². The molecule has 1 aromatic heterocycles. The number of aryl methyl sites for hydroxylation is 2. The standard InChI is InChI=1S/C20H25N3O3/c1-14-18(15(2)23(5)21-14)11-12-19(24)26-16(3)20(25)22(4)13-17-9-7-6-8-10-17/h6-12,16H,13H2,1-5H3/b12-11+/t16-/m1/s1. The highest BCUT2D eigenvalue weighted by Gasteiger charge is 2.20. The number of aromatic nitrogens is 2. The second kappa shape index (κ2) is 8.47. The van der Waals surface area contributed by atoms with Gasteiger partial charge in [0.15, 0.2) is 6.10 Å². The number of amides is 1. The van der Waals surface area contributed by atoms with E-state index in [1.807, 2.05) is 51.2 Å². The Balaban J connectivity index is 1.93. The van der Waals surface area contributed by atoms with Gasteiger partial charge in [-0.1, -0.05) is 30.3 Å². The number of nitrogens with zero attached hydrogens (tertiary/aromatic N) is 3. The van der Waals surface area contributed by atoms with Crippen LogP contribution in [0.25, 0.3) is 6.08 Å². The van der Waals surface area contributed by atoms with E-state index in [0.29, 0.717) is 6.54 Å². The van der Waals surface area contributed by atoms with Gasteiger partial charge < -0.3 is 9.64 Å². The summed E-state index contributed by atoms with van der Waals surface area (Å²) in [6.07, 6.45) is 2.15. The molecule has 2 aromatic rings. The van der Waals surface area contributed by atoms with Gasteiger partial charge in [0.05, 0.1) is 5.69 Å². The second-order valence-corrected chi connectivity index (χ2v) is 6.30. The van der Waals surface area contributed by atoms with Gasteiger partial charge in [0, 0.05) is 38.0 Å². The van der Waals surface area contributed by atoms with Gasteiger partial charge >= 0.3 is 5.97 Å². The summed E-state index contributed by atoms with van der Waals surface area (Å²) < 4.78 is 6.99. The van der Waals surface area contributed by atoms with Gasteiger partial charge in [0.1, 0.15) is 0 Å². The van der Waals surface area contributed by atoms with Gasteiger partial charge in [-0.3, -0.25) is 9.48 Å². The summed E-state index contributed by atoms with van der Waals surface area (Å²) in [7, 11) is 3.54. The Bertz CT molecular complexity index is 809. The summed E-state index contributed by atoms with van der Waals surface area (Å²) in [6.45, 7) is 5.85. The van der Waals surface area contributed by atoms with Crippen LogP contribution >= 0.6 is 0 Å². The van der Waals surface area contributed by atoms with E-state index in [-0.39, 0.29) is 5.91 Å². The Morgan fingerprint density at radius 2 is 1.92 bits per heavy atom. The van der Waals surface area contributed by atoms with E-state index >= 15 is 0 Å². The van der Waals surface area contributed by atoms with Gasteiger partial charge in [-0.15, -0.1) is 0 Å². The Hall–Kier alpha value is -2.89. The molecule has 0 saturated carbocycles. The Morgan fingerprint density at radius 1 is 1.27 bits per heavy atom. The van der Waals surface area contributed by atoms with Gasteiger partial charge in [0.25, 0.3) is 5.91 Å². The lowest BCUT2D eigenvalue weighted by atomic mass is 10.2. The molecule has 0 aliphatic carbocycles. The van der Waals surface area contributed by atoms with Crippen molar-refractivity contribution in [3.8, 4) is 0 Å². The molecule has 0 spiro atoms. The largest absolute Gasteiger partial charge is 0.449 e. The molecule has 2 rings (SSSR count). The number of benzene rings is 1. The van der Waals surface area contributed by atoms with Crippen LogP contribution < -0.4 is 0 Å². The highest BCUT2D eigenvalue weighted by atomic mass is 16.5. The number of hydrogen-bond donors (Lipinski definition) is 0. The van der Waals surface area contributed by atoms with Crippen molar-refractivity contribution in [2.45, 2.75) is 33.4 Å². The molecular formula is C20H25N3O3. The number of likely N-dealkylation sites (N-methyl/N-ethyl adjacent to an activating group) is 1. The molecule has 1 amide bonds. The molecule has 0 unspecified atom stereocenters. The molecule has 1 atom stereocenters. The lowest BCUT2D eigenvalue weighted by Crippen LogP contribution is -2.36. The lowest BCUT2D eigenvalue weighted by Gasteiger charge is -2.21. The van der Waals surface area contributed by atoms with Crippen LogP contribution in [0.1, 0.15) is 29.4 Å². The predicted octanol–water partition coefficient (Wildman–Crippen LogP) is 2.64. The van der Waals surface area contributed by atoms with Crippen LogP contribution in [0.5, 0.6) is 0 Å². The lowest BCUT2D eigenvalue weighted by molar-refractivity contribution is -0.154. The highest BCUT2D eigenvalue weighted by molar-refractivity contribution is 5.90. The quantitative estimate of drug-likeness (QED) is 0.590. The van der Waals surface area contributed by atoms with E-state index in [2.05, 4.69) is 5.10 Å². The van der Waals surface area contributed by atoms with Gasteiger partial charge in [0.2, 0.25) is 0 Å². The number of hydrogen-bond acceptors (Lipinski definition) is 4. The average molecular weight is 355 g/mol. The zero-order valence-corrected chi connectivity index (χ0v) is 15.9. The van der Waals surface area contributed by atoms with Crippen LogP contribution in [0.2, 0.25) is 0 Å². The SMILES string of the molecule is Cc1nn(C)c(C)c1/C=C/C(=O)O[C@H](C)C(=O)N(C)Cc1ccccc1. The first-order valence-corrected chi connectivity index (χ1v) is 8.47. The van der Waals surface area contributed by atoms with Gasteiger partial charge in [-0.2, -0.15) is 5.10 Å². The number of rotatable bonds is 6. The van der Waals surface area contributed by atoms with Crippen LogP contribution in [0.15, 0.2) is 36.4 Å². The summed E-state index contributed by atoms with van der Waals surface area (Å²) in [5.41, 5.74) is 3.69. The maximum Gasteiger partial charge on any atom is 0.331 e. The number of carbonyl (C=O) groups is 2. The van der Waals surface area contributed by atoms with E-state index in [0.717, 1.165) is 22.5 Å². The van der Waals surface area contributed by atoms with Crippen LogP contribution in [0.4, 0.5) is 0 Å². The average Bonchev–Trinajstić information content (AvgIpc) is 2.85. The number of carbonyl (C=O) groups excluding carboxylic acids is 2. The molecule has 0 bridgehead atoms. The van der Waals surface area contributed by atoms with Crippen LogP contribution in [-0.2, 0) is 27.9 Å². The monoisotopic (exact) mass is 355 g/mol. The van der Waals surface area contributed by atoms with Crippen molar-refractivity contribution in [2.75, 3.05) is 7.05 Å². The zero-order valence-electron chi connectivity index (χ0n) is 15.9. The van der Waals surface area contributed by atoms with Crippen molar-refractivity contribution >= 4 is 18.0 Å². The minimum atomic E-state index is -0.850. The molecule has 0 fully saturated rings. The summed E-state index contributed by atoms with van der Waals surface area (Å²) >= 11 is 0. The maximum absolute atomic E-state index is 12.4. The fourth-order valence-corrected chi connectivity index (χ4v) is 2.69. The first-order valence-electron chi connectivity index (χ1n) is 8.47. The van der Waals surface area contributed by atoms with Crippen molar-refractivity contribution in [3.05, 3.63) is 58.9 Å². The molecule has 0 aliphatic rings. The Morgan fingerprint density at radius 3 is 2.50 bits per heavy atom. The Kier molecular flexibility index (Phi) is 6.33. The predicted molar refractivity (Wildman–Crippen MR) is 100 cm³/mol. The molecule has 0 saturated heterocycles. The van der Waals surface area contributed by atoms with E-state index in [4.69, 9.17) is 4.74 Å². The normalized spacial score (nSPS) is 12.2. The third-order valence-electron chi connectivity index (χ3n) is 4.23. The van der Waals surface area contributed by atoms with E-state index in [1.165, 1.54) is 6.08 Å². The molecule has 0 aliphatic heterocycles. The third kappa shape index (κ3) is 4.81. The first kappa shape index (κ1) is 19.4. The Labute approximate surface area is 154 Å².